The Morgan fingerprint density at radius 2 is 1.74 bits per heavy atom. The molecule has 0 aliphatic heterocycles. The van der Waals surface area contributed by atoms with Crippen LogP contribution >= 0.6 is 11.6 Å². The summed E-state index contributed by atoms with van der Waals surface area (Å²) in [4.78, 5) is 22.5. The van der Waals surface area contributed by atoms with E-state index >= 15 is 0 Å². The average Bonchev–Trinajstić information content (AvgIpc) is 2.71. The van der Waals surface area contributed by atoms with Crippen LogP contribution in [0.25, 0.3) is 11.3 Å². The molecule has 0 spiro atoms. The predicted molar refractivity (Wildman–Crippen MR) is 97.9 cm³/mol. The van der Waals surface area contributed by atoms with Crippen molar-refractivity contribution in [1.82, 2.24) is 20.3 Å². The number of carbonyl (C=O) groups excluding carboxylic acids is 1. The van der Waals surface area contributed by atoms with E-state index in [9.17, 15) is 31.1 Å². The van der Waals surface area contributed by atoms with E-state index in [0.717, 1.165) is 42.9 Å². The lowest BCUT2D eigenvalue weighted by atomic mass is 10.1. The van der Waals surface area contributed by atoms with Crippen molar-refractivity contribution >= 4 is 17.5 Å². The first-order valence-electron chi connectivity index (χ1n) is 8.45. The highest BCUT2D eigenvalue weighted by Gasteiger charge is 2.39. The van der Waals surface area contributed by atoms with E-state index in [4.69, 9.17) is 11.6 Å². The highest BCUT2D eigenvalue weighted by atomic mass is 35.5. The second kappa shape index (κ2) is 8.50. The monoisotopic (exact) mass is 460 g/mol. The van der Waals surface area contributed by atoms with Crippen LogP contribution in [0, 0.1) is 5.82 Å². The molecule has 12 heteroatoms. The summed E-state index contributed by atoms with van der Waals surface area (Å²) >= 11 is 5.90. The van der Waals surface area contributed by atoms with E-state index in [1.807, 2.05) is 0 Å². The van der Waals surface area contributed by atoms with Crippen molar-refractivity contribution in [1.29, 1.82) is 0 Å². The standard InChI is InChI=1S/C19H11ClF6N4O/c20-13-6-10(14-4-3-11(21)8-28-14)7-29-16(13)18(22,23)9-30-17(31)12-2-1-5-27-15(12)19(24,25)26/h1-8H,9H2,(H,30,31). The van der Waals surface area contributed by atoms with Gasteiger partial charge < -0.3 is 5.32 Å². The lowest BCUT2D eigenvalue weighted by molar-refractivity contribution is -0.141. The minimum atomic E-state index is -4.94. The molecule has 1 amide bonds. The molecule has 3 aromatic rings. The summed E-state index contributed by atoms with van der Waals surface area (Å²) in [5.41, 5.74) is -2.83. The summed E-state index contributed by atoms with van der Waals surface area (Å²) in [7, 11) is 0. The molecule has 0 radical (unpaired) electrons. The van der Waals surface area contributed by atoms with Crippen molar-refractivity contribution in [2.75, 3.05) is 6.54 Å². The van der Waals surface area contributed by atoms with Gasteiger partial charge in [0, 0.05) is 18.0 Å². The Labute approximate surface area is 176 Å². The third kappa shape index (κ3) is 5.10. The third-order valence-electron chi connectivity index (χ3n) is 4.00. The van der Waals surface area contributed by atoms with Crippen LogP contribution in [-0.2, 0) is 12.1 Å². The Hall–Kier alpha value is -3.21. The third-order valence-corrected chi connectivity index (χ3v) is 4.29. The molecule has 5 nitrogen and oxygen atoms in total. The van der Waals surface area contributed by atoms with Gasteiger partial charge in [-0.1, -0.05) is 11.6 Å². The van der Waals surface area contributed by atoms with Crippen LogP contribution in [0.4, 0.5) is 26.3 Å². The van der Waals surface area contributed by atoms with Gasteiger partial charge >= 0.3 is 12.1 Å². The molecule has 1 N–H and O–H groups in total. The molecule has 162 valence electrons. The number of carbonyl (C=O) groups is 1. The molecule has 0 aliphatic rings. The van der Waals surface area contributed by atoms with Gasteiger partial charge in [-0.15, -0.1) is 0 Å². The van der Waals surface area contributed by atoms with Gasteiger partial charge in [0.1, 0.15) is 11.5 Å². The number of nitrogens with one attached hydrogen (secondary N) is 1. The summed E-state index contributed by atoms with van der Waals surface area (Å²) in [5.74, 6) is -5.78. The van der Waals surface area contributed by atoms with E-state index in [2.05, 4.69) is 15.0 Å². The highest BCUT2D eigenvalue weighted by molar-refractivity contribution is 6.31. The maximum Gasteiger partial charge on any atom is 0.434 e. The normalized spacial score (nSPS) is 12.0. The lowest BCUT2D eigenvalue weighted by Gasteiger charge is -2.19. The summed E-state index contributed by atoms with van der Waals surface area (Å²) in [5, 5.41) is 1.28. The van der Waals surface area contributed by atoms with Gasteiger partial charge in [0.2, 0.25) is 0 Å². The van der Waals surface area contributed by atoms with E-state index in [1.54, 1.807) is 5.32 Å². The van der Waals surface area contributed by atoms with Crippen LogP contribution in [0.1, 0.15) is 21.7 Å². The maximum atomic E-state index is 14.5. The summed E-state index contributed by atoms with van der Waals surface area (Å²) < 4.78 is 80.9. The molecule has 3 heterocycles. The second-order valence-corrected chi connectivity index (χ2v) is 6.61. The van der Waals surface area contributed by atoms with Crippen molar-refractivity contribution < 1.29 is 31.1 Å². The van der Waals surface area contributed by atoms with Gasteiger partial charge in [0.05, 0.1) is 29.0 Å². The smallest absolute Gasteiger partial charge is 0.345 e. The topological polar surface area (TPSA) is 67.8 Å². The van der Waals surface area contributed by atoms with Crippen LogP contribution in [0.3, 0.4) is 0 Å². The van der Waals surface area contributed by atoms with Crippen LogP contribution in [0.5, 0.6) is 0 Å². The van der Waals surface area contributed by atoms with Gasteiger partial charge in [0.25, 0.3) is 5.91 Å². The Balaban J connectivity index is 1.78. The number of hydrogen-bond donors (Lipinski definition) is 1. The molecule has 3 rings (SSSR count). The van der Waals surface area contributed by atoms with Crippen molar-refractivity contribution in [2.24, 2.45) is 0 Å². The number of pyridine rings is 3. The molecule has 0 aromatic carbocycles. The maximum absolute atomic E-state index is 14.5. The van der Waals surface area contributed by atoms with Crippen LogP contribution in [0.2, 0.25) is 5.02 Å². The number of nitrogens with zero attached hydrogens (tertiary/aromatic N) is 3. The fraction of sp³-hybridized carbons (Fsp3) is 0.158. The van der Waals surface area contributed by atoms with E-state index in [-0.39, 0.29) is 11.3 Å². The zero-order valence-electron chi connectivity index (χ0n) is 15.2. The Bertz CT molecular complexity index is 1110. The highest BCUT2D eigenvalue weighted by Crippen LogP contribution is 2.34. The molecule has 0 saturated heterocycles. The SMILES string of the molecule is O=C(NCC(F)(F)c1ncc(-c2ccc(F)cn2)cc1Cl)c1cccnc1C(F)(F)F. The fourth-order valence-electron chi connectivity index (χ4n) is 2.58. The first-order chi connectivity index (χ1) is 14.5. The quantitative estimate of drug-likeness (QED) is 0.552. The molecule has 0 aliphatic carbocycles. The van der Waals surface area contributed by atoms with Crippen molar-refractivity contribution in [2.45, 2.75) is 12.1 Å². The number of alkyl halides is 5. The molecular weight excluding hydrogens is 450 g/mol. The molecule has 3 aromatic heterocycles. The van der Waals surface area contributed by atoms with Crippen LogP contribution < -0.4 is 5.32 Å². The second-order valence-electron chi connectivity index (χ2n) is 6.20. The number of halogens is 7. The molecular formula is C19H11ClF6N4O. The first-order valence-corrected chi connectivity index (χ1v) is 8.83. The van der Waals surface area contributed by atoms with E-state index in [1.165, 1.54) is 6.07 Å². The Morgan fingerprint density at radius 3 is 2.35 bits per heavy atom. The molecule has 0 saturated carbocycles. The number of rotatable bonds is 5. The van der Waals surface area contributed by atoms with Crippen LogP contribution in [0.15, 0.2) is 48.9 Å². The lowest BCUT2D eigenvalue weighted by Crippen LogP contribution is -2.36. The van der Waals surface area contributed by atoms with Gasteiger partial charge in [-0.2, -0.15) is 22.0 Å². The van der Waals surface area contributed by atoms with E-state index in [0.29, 0.717) is 0 Å². The molecule has 31 heavy (non-hydrogen) atoms. The Kier molecular flexibility index (Phi) is 6.16. The van der Waals surface area contributed by atoms with Crippen molar-refractivity contribution in [3.05, 3.63) is 76.7 Å². The number of hydrogen-bond acceptors (Lipinski definition) is 4. The largest absolute Gasteiger partial charge is 0.434 e. The van der Waals surface area contributed by atoms with Gasteiger partial charge in [0.15, 0.2) is 5.69 Å². The Morgan fingerprint density at radius 1 is 1.00 bits per heavy atom. The van der Waals surface area contributed by atoms with Gasteiger partial charge in [-0.05, 0) is 30.3 Å². The van der Waals surface area contributed by atoms with Crippen LogP contribution in [-0.4, -0.2) is 27.4 Å². The van der Waals surface area contributed by atoms with Gasteiger partial charge in [-0.3, -0.25) is 19.7 Å². The molecule has 0 atom stereocenters. The summed E-state index contributed by atoms with van der Waals surface area (Å²) in [6, 6.07) is 5.43. The van der Waals surface area contributed by atoms with Crippen molar-refractivity contribution in [3.63, 3.8) is 0 Å². The molecule has 0 bridgehead atoms. The number of amides is 1. The summed E-state index contributed by atoms with van der Waals surface area (Å²) in [6.07, 6.45) is -2.16. The average molecular weight is 461 g/mol. The molecule has 0 fully saturated rings. The fourth-order valence-corrected chi connectivity index (χ4v) is 2.88. The minimum Gasteiger partial charge on any atom is -0.345 e. The minimum absolute atomic E-state index is 0.232. The van der Waals surface area contributed by atoms with E-state index < -0.39 is 52.3 Å². The zero-order valence-corrected chi connectivity index (χ0v) is 16.0. The van der Waals surface area contributed by atoms with Crippen molar-refractivity contribution in [3.8, 4) is 11.3 Å². The van der Waals surface area contributed by atoms with Gasteiger partial charge in [-0.25, -0.2) is 4.39 Å². The predicted octanol–water partition coefficient (Wildman–Crippen LogP) is 4.87. The summed E-state index contributed by atoms with van der Waals surface area (Å²) in [6.45, 7) is -1.36. The number of aromatic nitrogens is 3. The zero-order chi connectivity index (χ0) is 22.8. The first kappa shape index (κ1) is 22.5. The molecule has 0 unspecified atom stereocenters.